The normalized spacial score (nSPS) is 14.3. The van der Waals surface area contributed by atoms with Crippen molar-refractivity contribution in [2.75, 3.05) is 50.9 Å². The van der Waals surface area contributed by atoms with Gasteiger partial charge < -0.3 is 9.47 Å². The van der Waals surface area contributed by atoms with Gasteiger partial charge in [0.15, 0.2) is 11.7 Å². The maximum atomic E-state index is 13.0. The molecule has 0 aliphatic carbocycles. The minimum Gasteiger partial charge on any atom is -0.484 e. The SMILES string of the molecule is Cl.O=C(COc1ccccc1)N(CCN1CCOCC1)c1nc2ccc(Cl)cc2s1. The van der Waals surface area contributed by atoms with Gasteiger partial charge in [-0.1, -0.05) is 41.1 Å². The Hall–Kier alpha value is -1.90. The number of thiazole rings is 1. The minimum absolute atomic E-state index is 0. The maximum absolute atomic E-state index is 13.0. The third-order valence-corrected chi connectivity index (χ3v) is 6.00. The number of ether oxygens (including phenoxy) is 2. The molecule has 6 nitrogen and oxygen atoms in total. The van der Waals surface area contributed by atoms with E-state index in [0.29, 0.717) is 22.4 Å². The molecule has 160 valence electrons. The fourth-order valence-electron chi connectivity index (χ4n) is 3.13. The van der Waals surface area contributed by atoms with Gasteiger partial charge in [0.2, 0.25) is 0 Å². The summed E-state index contributed by atoms with van der Waals surface area (Å²) in [5, 5.41) is 1.32. The molecule has 0 N–H and O–H groups in total. The first-order valence-electron chi connectivity index (χ1n) is 9.53. The van der Waals surface area contributed by atoms with E-state index >= 15 is 0 Å². The molecule has 30 heavy (non-hydrogen) atoms. The van der Waals surface area contributed by atoms with E-state index in [-0.39, 0.29) is 24.9 Å². The van der Waals surface area contributed by atoms with E-state index in [4.69, 9.17) is 21.1 Å². The molecule has 0 bridgehead atoms. The number of nitrogens with zero attached hydrogens (tertiary/aromatic N) is 3. The molecule has 1 fully saturated rings. The molecule has 2 heterocycles. The van der Waals surface area contributed by atoms with Crippen LogP contribution in [0.5, 0.6) is 5.75 Å². The van der Waals surface area contributed by atoms with Crippen molar-refractivity contribution in [3.05, 3.63) is 53.6 Å². The van der Waals surface area contributed by atoms with Crippen LogP contribution in [-0.2, 0) is 9.53 Å². The molecular formula is C21H23Cl2N3O3S. The van der Waals surface area contributed by atoms with E-state index in [1.807, 2.05) is 48.5 Å². The van der Waals surface area contributed by atoms with Crippen molar-refractivity contribution in [1.29, 1.82) is 0 Å². The number of hydrogen-bond donors (Lipinski definition) is 0. The van der Waals surface area contributed by atoms with Crippen LogP contribution >= 0.6 is 35.3 Å². The number of hydrogen-bond acceptors (Lipinski definition) is 6. The maximum Gasteiger partial charge on any atom is 0.266 e. The summed E-state index contributed by atoms with van der Waals surface area (Å²) in [6.45, 7) is 4.47. The number of fused-ring (bicyclic) bond motifs is 1. The summed E-state index contributed by atoms with van der Waals surface area (Å²) in [5.74, 6) is 0.553. The Morgan fingerprint density at radius 1 is 1.20 bits per heavy atom. The second-order valence-electron chi connectivity index (χ2n) is 6.71. The fraction of sp³-hybridized carbons (Fsp3) is 0.333. The first-order valence-corrected chi connectivity index (χ1v) is 10.7. The standard InChI is InChI=1S/C21H22ClN3O3S.ClH/c22-16-6-7-18-19(14-16)29-21(23-18)25(9-8-24-10-12-27-13-11-24)20(26)15-28-17-4-2-1-3-5-17;/h1-7,14H,8-13,15H2;1H. The van der Waals surface area contributed by atoms with Gasteiger partial charge in [0.05, 0.1) is 23.4 Å². The Morgan fingerprint density at radius 3 is 2.73 bits per heavy atom. The van der Waals surface area contributed by atoms with E-state index in [2.05, 4.69) is 9.88 Å². The molecule has 9 heteroatoms. The van der Waals surface area contributed by atoms with Crippen molar-refractivity contribution in [1.82, 2.24) is 9.88 Å². The third-order valence-electron chi connectivity index (χ3n) is 4.72. The Bertz CT molecular complexity index is 965. The third kappa shape index (κ3) is 5.83. The fourth-order valence-corrected chi connectivity index (χ4v) is 4.42. The van der Waals surface area contributed by atoms with Gasteiger partial charge in [0.25, 0.3) is 5.91 Å². The summed E-state index contributed by atoms with van der Waals surface area (Å²) in [5.41, 5.74) is 0.836. The molecule has 0 unspecified atom stereocenters. The van der Waals surface area contributed by atoms with Crippen molar-refractivity contribution >= 4 is 56.6 Å². The van der Waals surface area contributed by atoms with Crippen LogP contribution in [0.3, 0.4) is 0 Å². The van der Waals surface area contributed by atoms with Crippen molar-refractivity contribution in [2.45, 2.75) is 0 Å². The van der Waals surface area contributed by atoms with Crippen LogP contribution in [0.25, 0.3) is 10.2 Å². The highest BCUT2D eigenvalue weighted by atomic mass is 35.5. The molecule has 1 aliphatic rings. The highest BCUT2D eigenvalue weighted by Gasteiger charge is 2.22. The van der Waals surface area contributed by atoms with Gasteiger partial charge in [0, 0.05) is 31.2 Å². The quantitative estimate of drug-likeness (QED) is 0.523. The molecule has 1 aliphatic heterocycles. The summed E-state index contributed by atoms with van der Waals surface area (Å²) >= 11 is 7.58. The lowest BCUT2D eigenvalue weighted by molar-refractivity contribution is -0.120. The van der Waals surface area contributed by atoms with Crippen LogP contribution in [0.15, 0.2) is 48.5 Å². The van der Waals surface area contributed by atoms with Gasteiger partial charge in [-0.2, -0.15) is 0 Å². The number of rotatable bonds is 7. The number of carbonyl (C=O) groups is 1. The molecule has 4 rings (SSSR count). The second-order valence-corrected chi connectivity index (χ2v) is 8.16. The Balaban J connectivity index is 0.00000256. The summed E-state index contributed by atoms with van der Waals surface area (Å²) < 4.78 is 12.1. The highest BCUT2D eigenvalue weighted by Crippen LogP contribution is 2.31. The van der Waals surface area contributed by atoms with Gasteiger partial charge in [0.1, 0.15) is 5.75 Å². The lowest BCUT2D eigenvalue weighted by atomic mass is 10.3. The van der Waals surface area contributed by atoms with Gasteiger partial charge in [-0.3, -0.25) is 14.6 Å². The van der Waals surface area contributed by atoms with E-state index in [1.165, 1.54) is 11.3 Å². The van der Waals surface area contributed by atoms with Gasteiger partial charge in [-0.05, 0) is 30.3 Å². The number of amides is 1. The summed E-state index contributed by atoms with van der Waals surface area (Å²) in [7, 11) is 0. The number of halogens is 2. The van der Waals surface area contributed by atoms with Gasteiger partial charge in [-0.25, -0.2) is 4.98 Å². The number of aromatic nitrogens is 1. The number of carbonyl (C=O) groups excluding carboxylic acids is 1. The molecule has 2 aromatic carbocycles. The summed E-state index contributed by atoms with van der Waals surface area (Å²) in [6, 6.07) is 14.9. The lowest BCUT2D eigenvalue weighted by Gasteiger charge is -2.29. The van der Waals surface area contributed by atoms with Gasteiger partial charge >= 0.3 is 0 Å². The van der Waals surface area contributed by atoms with Gasteiger partial charge in [-0.15, -0.1) is 12.4 Å². The van der Waals surface area contributed by atoms with Crippen LogP contribution in [0.1, 0.15) is 0 Å². The zero-order chi connectivity index (χ0) is 20.1. The predicted octanol–water partition coefficient (Wildman–Crippen LogP) is 4.12. The number of benzene rings is 2. The van der Waals surface area contributed by atoms with Crippen molar-refractivity contribution in [2.24, 2.45) is 0 Å². The number of anilines is 1. The Kier molecular flexibility index (Phi) is 8.30. The molecule has 0 radical (unpaired) electrons. The average molecular weight is 468 g/mol. The topological polar surface area (TPSA) is 54.9 Å². The Labute approximate surface area is 190 Å². The van der Waals surface area contributed by atoms with E-state index in [0.717, 1.165) is 43.1 Å². The number of para-hydroxylation sites is 1. The highest BCUT2D eigenvalue weighted by molar-refractivity contribution is 7.22. The summed E-state index contributed by atoms with van der Waals surface area (Å²) in [4.78, 5) is 21.7. The van der Waals surface area contributed by atoms with Crippen LogP contribution in [0.4, 0.5) is 5.13 Å². The molecule has 1 amide bonds. The van der Waals surface area contributed by atoms with E-state index < -0.39 is 0 Å². The van der Waals surface area contributed by atoms with Crippen molar-refractivity contribution in [3.8, 4) is 5.75 Å². The van der Waals surface area contributed by atoms with Crippen molar-refractivity contribution < 1.29 is 14.3 Å². The molecule has 3 aromatic rings. The molecule has 0 atom stereocenters. The van der Waals surface area contributed by atoms with Crippen molar-refractivity contribution in [3.63, 3.8) is 0 Å². The van der Waals surface area contributed by atoms with Crippen LogP contribution in [0, 0.1) is 0 Å². The van der Waals surface area contributed by atoms with E-state index in [1.54, 1.807) is 4.90 Å². The minimum atomic E-state index is -0.118. The van der Waals surface area contributed by atoms with Crippen LogP contribution < -0.4 is 9.64 Å². The summed E-state index contributed by atoms with van der Waals surface area (Å²) in [6.07, 6.45) is 0. The average Bonchev–Trinajstić information content (AvgIpc) is 3.16. The first-order chi connectivity index (χ1) is 14.2. The zero-order valence-electron chi connectivity index (χ0n) is 16.3. The Morgan fingerprint density at radius 2 is 1.97 bits per heavy atom. The predicted molar refractivity (Wildman–Crippen MR) is 123 cm³/mol. The largest absolute Gasteiger partial charge is 0.484 e. The first kappa shape index (κ1) is 22.8. The number of morpholine rings is 1. The lowest BCUT2D eigenvalue weighted by Crippen LogP contribution is -2.44. The zero-order valence-corrected chi connectivity index (χ0v) is 18.7. The van der Waals surface area contributed by atoms with Crippen LogP contribution in [0.2, 0.25) is 5.02 Å². The second kappa shape index (κ2) is 10.9. The monoisotopic (exact) mass is 467 g/mol. The van der Waals surface area contributed by atoms with Crippen LogP contribution in [-0.4, -0.2) is 61.8 Å². The smallest absolute Gasteiger partial charge is 0.266 e. The molecule has 1 saturated heterocycles. The molecular weight excluding hydrogens is 445 g/mol. The molecule has 0 saturated carbocycles. The molecule has 0 spiro atoms. The molecule has 1 aromatic heterocycles. The van der Waals surface area contributed by atoms with E-state index in [9.17, 15) is 4.79 Å².